The zero-order valence-corrected chi connectivity index (χ0v) is 15.0. The molecule has 0 fully saturated rings. The number of halogens is 1. The molecular formula is C16H16BrNO4S. The smallest absolute Gasteiger partial charge is 0.327 e. The van der Waals surface area contributed by atoms with Gasteiger partial charge in [-0.15, -0.1) is 0 Å². The van der Waals surface area contributed by atoms with E-state index in [4.69, 9.17) is 0 Å². The van der Waals surface area contributed by atoms with E-state index in [1.54, 1.807) is 36.4 Å². The Bertz CT molecular complexity index is 801. The van der Waals surface area contributed by atoms with Gasteiger partial charge in [-0.1, -0.05) is 33.6 Å². The molecule has 23 heavy (non-hydrogen) atoms. The predicted octanol–water partition coefficient (Wildman–Crippen LogP) is 3.43. The number of aryl methyl sites for hydroxylation is 1. The summed E-state index contributed by atoms with van der Waals surface area (Å²) in [5.41, 5.74) is 1.27. The SMILES string of the molecule is Cc1ccc(N(C(C)C(=O)O)S(=O)(=O)c2ccc(Br)cc2)cc1. The predicted molar refractivity (Wildman–Crippen MR) is 92.1 cm³/mol. The van der Waals surface area contributed by atoms with Gasteiger partial charge in [-0.05, 0) is 50.2 Å². The maximum Gasteiger partial charge on any atom is 0.327 e. The molecule has 0 aromatic heterocycles. The molecule has 0 bridgehead atoms. The second kappa shape index (κ2) is 6.72. The maximum absolute atomic E-state index is 12.9. The first-order valence-electron chi connectivity index (χ1n) is 6.83. The van der Waals surface area contributed by atoms with E-state index in [2.05, 4.69) is 15.9 Å². The third-order valence-electron chi connectivity index (χ3n) is 3.37. The highest BCUT2D eigenvalue weighted by Crippen LogP contribution is 2.27. The van der Waals surface area contributed by atoms with Gasteiger partial charge in [0, 0.05) is 4.47 Å². The molecule has 2 aromatic carbocycles. The van der Waals surface area contributed by atoms with Crippen LogP contribution in [0.2, 0.25) is 0 Å². The number of carboxylic acid groups (broad SMARTS) is 1. The third-order valence-corrected chi connectivity index (χ3v) is 5.81. The summed E-state index contributed by atoms with van der Waals surface area (Å²) in [6.45, 7) is 3.22. The van der Waals surface area contributed by atoms with E-state index >= 15 is 0 Å². The molecule has 0 amide bonds. The van der Waals surface area contributed by atoms with Crippen LogP contribution in [0.15, 0.2) is 57.9 Å². The van der Waals surface area contributed by atoms with Crippen LogP contribution in [0.4, 0.5) is 5.69 Å². The van der Waals surface area contributed by atoms with E-state index in [0.717, 1.165) is 14.3 Å². The van der Waals surface area contributed by atoms with Gasteiger partial charge in [0.25, 0.3) is 10.0 Å². The molecule has 7 heteroatoms. The van der Waals surface area contributed by atoms with Crippen molar-refractivity contribution in [2.75, 3.05) is 4.31 Å². The average molecular weight is 398 g/mol. The first kappa shape index (κ1) is 17.5. The lowest BCUT2D eigenvalue weighted by Crippen LogP contribution is -2.43. The van der Waals surface area contributed by atoms with Gasteiger partial charge in [-0.3, -0.25) is 4.31 Å². The van der Waals surface area contributed by atoms with E-state index in [0.29, 0.717) is 5.69 Å². The van der Waals surface area contributed by atoms with Crippen LogP contribution in [0.5, 0.6) is 0 Å². The molecule has 0 saturated carbocycles. The van der Waals surface area contributed by atoms with Crippen LogP contribution in [0.25, 0.3) is 0 Å². The van der Waals surface area contributed by atoms with Gasteiger partial charge in [0.05, 0.1) is 10.6 Å². The number of nitrogens with zero attached hydrogens (tertiary/aromatic N) is 1. The Morgan fingerprint density at radius 2 is 1.61 bits per heavy atom. The van der Waals surface area contributed by atoms with Crippen molar-refractivity contribution in [2.45, 2.75) is 24.8 Å². The van der Waals surface area contributed by atoms with E-state index < -0.39 is 22.0 Å². The van der Waals surface area contributed by atoms with E-state index in [-0.39, 0.29) is 4.90 Å². The highest BCUT2D eigenvalue weighted by atomic mass is 79.9. The number of rotatable bonds is 5. The van der Waals surface area contributed by atoms with Crippen LogP contribution >= 0.6 is 15.9 Å². The molecule has 0 aliphatic heterocycles. The van der Waals surface area contributed by atoms with Gasteiger partial charge in [0.2, 0.25) is 0 Å². The third kappa shape index (κ3) is 3.73. The number of hydrogen-bond acceptors (Lipinski definition) is 3. The van der Waals surface area contributed by atoms with Gasteiger partial charge in [0.1, 0.15) is 6.04 Å². The van der Waals surface area contributed by atoms with Crippen LogP contribution < -0.4 is 4.31 Å². The molecule has 1 atom stereocenters. The minimum atomic E-state index is -4.00. The summed E-state index contributed by atoms with van der Waals surface area (Å²) in [4.78, 5) is 11.4. The molecular weight excluding hydrogens is 382 g/mol. The second-order valence-electron chi connectivity index (χ2n) is 5.10. The van der Waals surface area contributed by atoms with Crippen molar-refractivity contribution < 1.29 is 18.3 Å². The standard InChI is InChI=1S/C16H16BrNO4S/c1-11-3-7-14(8-4-11)18(12(2)16(19)20)23(21,22)15-9-5-13(17)6-10-15/h3-10,12H,1-2H3,(H,19,20). The fraction of sp³-hybridized carbons (Fsp3) is 0.188. The summed E-state index contributed by atoms with van der Waals surface area (Å²) < 4.78 is 27.5. The van der Waals surface area contributed by atoms with Crippen LogP contribution in [0.1, 0.15) is 12.5 Å². The summed E-state index contributed by atoms with van der Waals surface area (Å²) in [5.74, 6) is -1.22. The largest absolute Gasteiger partial charge is 0.480 e. The first-order valence-corrected chi connectivity index (χ1v) is 9.06. The highest BCUT2D eigenvalue weighted by Gasteiger charge is 2.33. The molecule has 0 radical (unpaired) electrons. The first-order chi connectivity index (χ1) is 10.7. The quantitative estimate of drug-likeness (QED) is 0.838. The average Bonchev–Trinajstić information content (AvgIpc) is 2.49. The van der Waals surface area contributed by atoms with E-state index in [9.17, 15) is 18.3 Å². The Morgan fingerprint density at radius 1 is 1.09 bits per heavy atom. The van der Waals surface area contributed by atoms with Crippen molar-refractivity contribution in [1.82, 2.24) is 0 Å². The van der Waals surface area contributed by atoms with Crippen LogP contribution in [0, 0.1) is 6.92 Å². The highest BCUT2D eigenvalue weighted by molar-refractivity contribution is 9.10. The minimum Gasteiger partial charge on any atom is -0.480 e. The number of aliphatic carboxylic acids is 1. The van der Waals surface area contributed by atoms with Crippen molar-refractivity contribution in [1.29, 1.82) is 0 Å². The maximum atomic E-state index is 12.9. The fourth-order valence-electron chi connectivity index (χ4n) is 2.08. The molecule has 0 aliphatic rings. The Balaban J connectivity index is 2.58. The lowest BCUT2D eigenvalue weighted by molar-refractivity contribution is -0.137. The van der Waals surface area contributed by atoms with E-state index in [1.807, 2.05) is 6.92 Å². The number of hydrogen-bond donors (Lipinski definition) is 1. The normalized spacial score (nSPS) is 12.7. The van der Waals surface area contributed by atoms with Crippen molar-refractivity contribution >= 4 is 37.6 Å². The number of sulfonamides is 1. The molecule has 5 nitrogen and oxygen atoms in total. The summed E-state index contributed by atoms with van der Waals surface area (Å²) in [5, 5.41) is 9.31. The number of carboxylic acids is 1. The molecule has 0 spiro atoms. The molecule has 2 aromatic rings. The molecule has 122 valence electrons. The second-order valence-corrected chi connectivity index (χ2v) is 7.84. The Morgan fingerprint density at radius 3 is 2.09 bits per heavy atom. The fourth-order valence-corrected chi connectivity index (χ4v) is 3.96. The Hall–Kier alpha value is -1.86. The topological polar surface area (TPSA) is 74.7 Å². The van der Waals surface area contributed by atoms with Gasteiger partial charge in [0.15, 0.2) is 0 Å². The molecule has 2 rings (SSSR count). The van der Waals surface area contributed by atoms with E-state index in [1.165, 1.54) is 19.1 Å². The molecule has 0 heterocycles. The van der Waals surface area contributed by atoms with Gasteiger partial charge < -0.3 is 5.11 Å². The summed E-state index contributed by atoms with van der Waals surface area (Å²) >= 11 is 3.25. The summed E-state index contributed by atoms with van der Waals surface area (Å²) in [6.07, 6.45) is 0. The van der Waals surface area contributed by atoms with Crippen molar-refractivity contribution in [2.24, 2.45) is 0 Å². The van der Waals surface area contributed by atoms with Crippen LogP contribution in [-0.2, 0) is 14.8 Å². The van der Waals surface area contributed by atoms with Crippen molar-refractivity contribution in [3.05, 3.63) is 58.6 Å². The Kier molecular flexibility index (Phi) is 5.11. The Labute approximate surface area is 143 Å². The number of carbonyl (C=O) groups is 1. The zero-order valence-electron chi connectivity index (χ0n) is 12.6. The van der Waals surface area contributed by atoms with Gasteiger partial charge >= 0.3 is 5.97 Å². The molecule has 1 unspecified atom stereocenters. The lowest BCUT2D eigenvalue weighted by Gasteiger charge is -2.28. The minimum absolute atomic E-state index is 0.0365. The molecule has 0 saturated heterocycles. The van der Waals surface area contributed by atoms with Crippen LogP contribution in [-0.4, -0.2) is 25.5 Å². The molecule has 0 aliphatic carbocycles. The van der Waals surface area contributed by atoms with Gasteiger partial charge in [-0.25, -0.2) is 13.2 Å². The summed E-state index contributed by atoms with van der Waals surface area (Å²) in [6, 6.07) is 11.5. The number of benzene rings is 2. The zero-order chi connectivity index (χ0) is 17.2. The summed E-state index contributed by atoms with van der Waals surface area (Å²) in [7, 11) is -4.00. The monoisotopic (exact) mass is 397 g/mol. The van der Waals surface area contributed by atoms with Crippen LogP contribution in [0.3, 0.4) is 0 Å². The van der Waals surface area contributed by atoms with Crippen molar-refractivity contribution in [3.63, 3.8) is 0 Å². The van der Waals surface area contributed by atoms with Crippen molar-refractivity contribution in [3.8, 4) is 0 Å². The molecule has 1 N–H and O–H groups in total. The number of anilines is 1. The van der Waals surface area contributed by atoms with Gasteiger partial charge in [-0.2, -0.15) is 0 Å². The lowest BCUT2D eigenvalue weighted by atomic mass is 10.2.